The van der Waals surface area contributed by atoms with Crippen LogP contribution in [-0.4, -0.2) is 24.5 Å². The van der Waals surface area contributed by atoms with Gasteiger partial charge in [-0.05, 0) is 81.2 Å². The molecule has 0 bridgehead atoms. The van der Waals surface area contributed by atoms with Crippen LogP contribution in [0.2, 0.25) is 0 Å². The first-order valence-corrected chi connectivity index (χ1v) is 21.5. The number of fused-ring (bicyclic) bond motifs is 9. The predicted octanol–water partition coefficient (Wildman–Crippen LogP) is 14.4. The maximum Gasteiger partial charge on any atom is 0.235 e. The van der Waals surface area contributed by atoms with Gasteiger partial charge in [0.2, 0.25) is 11.9 Å². The molecule has 0 aliphatic carbocycles. The molecule has 1 aliphatic heterocycles. The van der Waals surface area contributed by atoms with Crippen LogP contribution < -0.4 is 4.90 Å². The normalized spacial score (nSPS) is 13.3. The summed E-state index contributed by atoms with van der Waals surface area (Å²) in [7, 11) is 0. The van der Waals surface area contributed by atoms with Gasteiger partial charge in [-0.15, -0.1) is 0 Å². The number of anilines is 3. The number of aromatic nitrogens is 5. The van der Waals surface area contributed by atoms with Crippen LogP contribution in [0.1, 0.15) is 25.0 Å². The number of para-hydroxylation sites is 4. The topological polar surface area (TPSA) is 59.7 Å². The van der Waals surface area contributed by atoms with Crippen molar-refractivity contribution in [3.8, 4) is 28.5 Å². The molecule has 0 saturated carbocycles. The molecule has 0 radical (unpaired) electrons. The lowest BCUT2D eigenvalue weighted by molar-refractivity contribution is 0.632. The summed E-state index contributed by atoms with van der Waals surface area (Å²) in [6, 6.07) is 68.9. The van der Waals surface area contributed by atoms with E-state index in [9.17, 15) is 0 Å². The van der Waals surface area contributed by atoms with E-state index in [0.29, 0.717) is 11.9 Å². The minimum absolute atomic E-state index is 0.347. The standard InChI is InChI=1S/C57H38N6/c1-57(2)45-22-10-14-26-50(45)63(56-59-48-24-12-8-21-43(48)54(61-56)40-30-28-36-16-4-6-18-38(36)32-40)52-34-51-44(33-46(52)57)41-19-9-13-25-49(41)62(51)55-58-47-23-11-7-20-42(47)53(60-55)39-29-27-35-15-3-5-17-37(35)31-39/h3-34H,1-2H3. The Morgan fingerprint density at radius 1 is 0.365 bits per heavy atom. The maximum atomic E-state index is 5.53. The van der Waals surface area contributed by atoms with Crippen molar-refractivity contribution in [1.82, 2.24) is 24.5 Å². The zero-order chi connectivity index (χ0) is 41.8. The van der Waals surface area contributed by atoms with Crippen LogP contribution in [0.15, 0.2) is 194 Å². The fourth-order valence-electron chi connectivity index (χ4n) is 10.0. The summed E-state index contributed by atoms with van der Waals surface area (Å²) in [6.07, 6.45) is 0. The molecule has 3 aromatic heterocycles. The summed E-state index contributed by atoms with van der Waals surface area (Å²) in [5, 5.41) is 9.03. The quantitative estimate of drug-likeness (QED) is 0.177. The van der Waals surface area contributed by atoms with Crippen LogP contribution in [0.5, 0.6) is 0 Å². The molecule has 0 atom stereocenters. The molecule has 63 heavy (non-hydrogen) atoms. The van der Waals surface area contributed by atoms with E-state index in [2.05, 4.69) is 217 Å². The highest BCUT2D eigenvalue weighted by Crippen LogP contribution is 2.53. The fraction of sp³-hybridized carbons (Fsp3) is 0.0526. The third-order valence-electron chi connectivity index (χ3n) is 13.2. The fourth-order valence-corrected chi connectivity index (χ4v) is 10.0. The monoisotopic (exact) mass is 806 g/mol. The van der Waals surface area contributed by atoms with Gasteiger partial charge in [0.15, 0.2) is 0 Å². The third kappa shape index (κ3) is 5.38. The Bertz CT molecular complexity index is 3860. The second-order valence-electron chi connectivity index (χ2n) is 17.1. The molecule has 0 saturated heterocycles. The van der Waals surface area contributed by atoms with Crippen LogP contribution in [0.4, 0.5) is 17.3 Å². The average molecular weight is 807 g/mol. The summed E-state index contributed by atoms with van der Waals surface area (Å²) in [4.78, 5) is 24.0. The average Bonchev–Trinajstić information content (AvgIpc) is 3.66. The maximum absolute atomic E-state index is 5.53. The second kappa shape index (κ2) is 13.4. The number of benzene rings is 9. The lowest BCUT2D eigenvalue weighted by Crippen LogP contribution is -2.31. The van der Waals surface area contributed by atoms with Crippen molar-refractivity contribution >= 4 is 82.5 Å². The highest BCUT2D eigenvalue weighted by atomic mass is 15.3. The summed E-state index contributed by atoms with van der Waals surface area (Å²) >= 11 is 0. The van der Waals surface area contributed by atoms with Crippen LogP contribution in [0.25, 0.3) is 93.6 Å². The first-order chi connectivity index (χ1) is 31.0. The molecule has 0 fully saturated rings. The van der Waals surface area contributed by atoms with Gasteiger partial charge in [-0.1, -0.05) is 159 Å². The van der Waals surface area contributed by atoms with Gasteiger partial charge in [0, 0.05) is 38.1 Å². The van der Waals surface area contributed by atoms with Crippen molar-refractivity contribution in [3.63, 3.8) is 0 Å². The Balaban J connectivity index is 1.09. The number of rotatable bonds is 4. The Hall–Kier alpha value is -8.22. The van der Waals surface area contributed by atoms with Gasteiger partial charge in [0.25, 0.3) is 0 Å². The molecule has 1 aliphatic rings. The van der Waals surface area contributed by atoms with Crippen molar-refractivity contribution < 1.29 is 0 Å². The zero-order valence-corrected chi connectivity index (χ0v) is 34.7. The minimum Gasteiger partial charge on any atom is -0.278 e. The Morgan fingerprint density at radius 3 is 1.56 bits per heavy atom. The molecule has 0 spiro atoms. The van der Waals surface area contributed by atoms with Crippen LogP contribution in [0.3, 0.4) is 0 Å². The smallest absolute Gasteiger partial charge is 0.235 e. The summed E-state index contributed by atoms with van der Waals surface area (Å²) in [5.41, 5.74) is 11.8. The Morgan fingerprint density at radius 2 is 0.889 bits per heavy atom. The molecule has 4 heterocycles. The second-order valence-corrected chi connectivity index (χ2v) is 17.1. The highest BCUT2D eigenvalue weighted by Gasteiger charge is 2.39. The summed E-state index contributed by atoms with van der Waals surface area (Å²) in [5.74, 6) is 1.23. The summed E-state index contributed by atoms with van der Waals surface area (Å²) < 4.78 is 2.25. The van der Waals surface area contributed by atoms with Gasteiger partial charge in [0.1, 0.15) is 0 Å². The Labute approximate surface area is 363 Å². The molecule has 9 aromatic carbocycles. The Kier molecular flexibility index (Phi) is 7.55. The third-order valence-corrected chi connectivity index (χ3v) is 13.2. The van der Waals surface area contributed by atoms with Crippen molar-refractivity contribution in [1.29, 1.82) is 0 Å². The van der Waals surface area contributed by atoms with E-state index >= 15 is 0 Å². The first kappa shape index (κ1) is 35.5. The van der Waals surface area contributed by atoms with Crippen molar-refractivity contribution in [3.05, 3.63) is 205 Å². The van der Waals surface area contributed by atoms with Crippen LogP contribution in [-0.2, 0) is 5.41 Å². The zero-order valence-electron chi connectivity index (χ0n) is 34.7. The van der Waals surface area contributed by atoms with Crippen LogP contribution in [0, 0.1) is 0 Å². The van der Waals surface area contributed by atoms with Gasteiger partial charge >= 0.3 is 0 Å². The number of hydrogen-bond donors (Lipinski definition) is 0. The molecule has 12 aromatic rings. The summed E-state index contributed by atoms with van der Waals surface area (Å²) in [6.45, 7) is 4.66. The van der Waals surface area contributed by atoms with Gasteiger partial charge in [0.05, 0.1) is 44.8 Å². The van der Waals surface area contributed by atoms with Gasteiger partial charge in [-0.3, -0.25) is 9.47 Å². The first-order valence-electron chi connectivity index (χ1n) is 21.5. The molecule has 13 rings (SSSR count). The van der Waals surface area contributed by atoms with Crippen molar-refractivity contribution in [2.45, 2.75) is 19.3 Å². The number of nitrogens with zero attached hydrogens (tertiary/aromatic N) is 6. The van der Waals surface area contributed by atoms with Crippen LogP contribution >= 0.6 is 0 Å². The van der Waals surface area contributed by atoms with E-state index < -0.39 is 0 Å². The van der Waals surface area contributed by atoms with Gasteiger partial charge in [-0.2, -0.15) is 0 Å². The largest absolute Gasteiger partial charge is 0.278 e. The molecular weight excluding hydrogens is 769 g/mol. The molecule has 0 N–H and O–H groups in total. The lowest BCUT2D eigenvalue weighted by Gasteiger charge is -2.41. The SMILES string of the molecule is CC1(C)c2ccccc2N(c2nc(-c3ccc4ccccc4c3)c3ccccc3n2)c2cc3c(cc21)c1ccccc1n3-c1nc(-c2ccc3ccccc3c2)c2ccccc2n1. The molecule has 6 nitrogen and oxygen atoms in total. The molecule has 296 valence electrons. The van der Waals surface area contributed by atoms with Gasteiger partial charge < -0.3 is 0 Å². The number of hydrogen-bond acceptors (Lipinski definition) is 5. The van der Waals surface area contributed by atoms with E-state index in [1.807, 2.05) is 0 Å². The molecule has 0 amide bonds. The highest BCUT2D eigenvalue weighted by molar-refractivity contribution is 6.12. The van der Waals surface area contributed by atoms with E-state index in [1.54, 1.807) is 0 Å². The van der Waals surface area contributed by atoms with E-state index in [4.69, 9.17) is 19.9 Å². The van der Waals surface area contributed by atoms with E-state index in [1.165, 1.54) is 32.7 Å². The molecule has 0 unspecified atom stereocenters. The molecule has 6 heteroatoms. The van der Waals surface area contributed by atoms with E-state index in [-0.39, 0.29) is 5.41 Å². The molecular formula is C57H38N6. The van der Waals surface area contributed by atoms with Crippen molar-refractivity contribution in [2.75, 3.05) is 4.90 Å². The minimum atomic E-state index is -0.347. The van der Waals surface area contributed by atoms with Crippen molar-refractivity contribution in [2.24, 2.45) is 0 Å². The van der Waals surface area contributed by atoms with Gasteiger partial charge in [-0.25, -0.2) is 19.9 Å². The van der Waals surface area contributed by atoms with E-state index in [0.717, 1.165) is 77.5 Å². The predicted molar refractivity (Wildman–Crippen MR) is 260 cm³/mol. The lowest BCUT2D eigenvalue weighted by atomic mass is 9.73.